The molecule has 0 aliphatic rings. The molecule has 1 aromatic carbocycles. The first kappa shape index (κ1) is 11.9. The third-order valence-electron chi connectivity index (χ3n) is 1.72. The van der Waals surface area contributed by atoms with E-state index in [2.05, 4.69) is 0 Å². The van der Waals surface area contributed by atoms with Crippen molar-refractivity contribution in [2.75, 3.05) is 0 Å². The van der Waals surface area contributed by atoms with E-state index in [1.54, 1.807) is 6.07 Å². The Morgan fingerprint density at radius 1 is 0.933 bits per heavy atom. The molecule has 0 amide bonds. The summed E-state index contributed by atoms with van der Waals surface area (Å²) in [4.78, 5) is 0. The zero-order chi connectivity index (χ0) is 11.6. The smallest absolute Gasteiger partial charge is 0.211 e. The van der Waals surface area contributed by atoms with Crippen molar-refractivity contribution < 1.29 is 26.3 Å². The summed E-state index contributed by atoms with van der Waals surface area (Å²) in [6.07, 6.45) is -4.09. The van der Waals surface area contributed by atoms with Crippen LogP contribution in [0.2, 0.25) is 0 Å². The molecule has 0 saturated heterocycles. The van der Waals surface area contributed by atoms with Crippen molar-refractivity contribution in [3.63, 3.8) is 0 Å². The van der Waals surface area contributed by atoms with Gasteiger partial charge in [0.1, 0.15) is 0 Å². The van der Waals surface area contributed by atoms with Crippen LogP contribution in [-0.4, -0.2) is 6.43 Å². The minimum Gasteiger partial charge on any atom is -0.211 e. The van der Waals surface area contributed by atoms with Crippen molar-refractivity contribution in [2.45, 2.75) is 19.3 Å². The molecule has 0 heterocycles. The van der Waals surface area contributed by atoms with Gasteiger partial charge in [-0.25, -0.2) is 26.3 Å². The van der Waals surface area contributed by atoms with Gasteiger partial charge >= 0.3 is 0 Å². The van der Waals surface area contributed by atoms with E-state index >= 15 is 0 Å². The summed E-state index contributed by atoms with van der Waals surface area (Å²) in [6, 6.07) is 1.55. The lowest BCUT2D eigenvalue weighted by Crippen LogP contribution is -2.04. The molecule has 1 radical (unpaired) electrons. The molecule has 0 aromatic heterocycles. The number of benzene rings is 1. The number of hydrogen-bond acceptors (Lipinski definition) is 0. The van der Waals surface area contributed by atoms with E-state index in [1.165, 1.54) is 0 Å². The maximum Gasteiger partial charge on any atom is 0.239 e. The highest BCUT2D eigenvalue weighted by Gasteiger charge is 2.19. The molecule has 0 bridgehead atoms. The largest absolute Gasteiger partial charge is 0.239 e. The normalized spacial score (nSPS) is 11.1. The van der Waals surface area contributed by atoms with Gasteiger partial charge in [-0.05, 0) is 6.42 Å². The third kappa shape index (κ3) is 2.64. The summed E-state index contributed by atoms with van der Waals surface area (Å²) < 4.78 is 73.8. The lowest BCUT2D eigenvalue weighted by atomic mass is 10.1. The van der Waals surface area contributed by atoms with Crippen LogP contribution in [0.3, 0.4) is 0 Å². The van der Waals surface area contributed by atoms with Crippen LogP contribution < -0.4 is 0 Å². The molecule has 1 rings (SSSR count). The zero-order valence-electron chi connectivity index (χ0n) is 7.26. The molecule has 15 heavy (non-hydrogen) atoms. The highest BCUT2D eigenvalue weighted by Crippen LogP contribution is 2.20. The van der Waals surface area contributed by atoms with Crippen LogP contribution in [-0.2, 0) is 6.42 Å². The van der Waals surface area contributed by atoms with Crippen LogP contribution in [0.4, 0.5) is 26.3 Å². The number of hydrogen-bond donors (Lipinski definition) is 0. The standard InChI is InChI=1S/C9H5F6/c10-5-3-4(1-2-6(11)12)7(13)9(15)8(5)14/h6H,1-2H2. The van der Waals surface area contributed by atoms with E-state index < -0.39 is 48.1 Å². The average molecular weight is 227 g/mol. The zero-order valence-corrected chi connectivity index (χ0v) is 7.26. The second kappa shape index (κ2) is 4.55. The fourth-order valence-electron chi connectivity index (χ4n) is 0.993. The molecular formula is C9H5F6. The van der Waals surface area contributed by atoms with Gasteiger partial charge in [-0.1, -0.05) is 0 Å². The van der Waals surface area contributed by atoms with Gasteiger partial charge in [0.05, 0.1) is 0 Å². The van der Waals surface area contributed by atoms with Gasteiger partial charge in [-0.2, -0.15) is 0 Å². The summed E-state index contributed by atoms with van der Waals surface area (Å²) in [5.41, 5.74) is -0.716. The van der Waals surface area contributed by atoms with Gasteiger partial charge in [-0.15, -0.1) is 0 Å². The molecule has 0 fully saturated rings. The molecule has 0 atom stereocenters. The number of alkyl halides is 2. The fraction of sp³-hybridized carbons (Fsp3) is 0.333. The Morgan fingerprint density at radius 2 is 1.53 bits per heavy atom. The lowest BCUT2D eigenvalue weighted by Gasteiger charge is -2.04. The summed E-state index contributed by atoms with van der Waals surface area (Å²) >= 11 is 0. The van der Waals surface area contributed by atoms with Crippen LogP contribution in [0, 0.1) is 29.3 Å². The Kier molecular flexibility index (Phi) is 3.60. The summed E-state index contributed by atoms with van der Waals surface area (Å²) in [7, 11) is 0. The molecule has 0 aliphatic carbocycles. The van der Waals surface area contributed by atoms with Crippen molar-refractivity contribution >= 4 is 0 Å². The predicted molar refractivity (Wildman–Crippen MR) is 39.4 cm³/mol. The first-order valence-electron chi connectivity index (χ1n) is 3.95. The molecule has 0 N–H and O–H groups in total. The SMILES string of the molecule is Fc1[c]c(CCC(F)F)c(F)c(F)c1F. The molecule has 0 aliphatic heterocycles. The number of halogens is 6. The van der Waals surface area contributed by atoms with E-state index in [0.717, 1.165) is 0 Å². The maximum atomic E-state index is 12.8. The quantitative estimate of drug-likeness (QED) is 0.422. The third-order valence-corrected chi connectivity index (χ3v) is 1.72. The van der Waals surface area contributed by atoms with E-state index in [0.29, 0.717) is 0 Å². The summed E-state index contributed by atoms with van der Waals surface area (Å²) in [5.74, 6) is -7.38. The van der Waals surface area contributed by atoms with Crippen molar-refractivity contribution in [3.05, 3.63) is 34.9 Å². The van der Waals surface area contributed by atoms with E-state index in [-0.39, 0.29) is 0 Å². The lowest BCUT2D eigenvalue weighted by molar-refractivity contribution is 0.137. The molecule has 83 valence electrons. The Bertz CT molecular complexity index is 360. The van der Waals surface area contributed by atoms with Crippen LogP contribution in [0.1, 0.15) is 12.0 Å². The first-order valence-corrected chi connectivity index (χ1v) is 3.95. The Hall–Kier alpha value is -1.20. The second-order valence-electron chi connectivity index (χ2n) is 2.79. The van der Waals surface area contributed by atoms with Gasteiger partial charge in [0.2, 0.25) is 6.43 Å². The summed E-state index contributed by atoms with van der Waals surface area (Å²) in [5, 5.41) is 0. The van der Waals surface area contributed by atoms with Gasteiger partial charge < -0.3 is 0 Å². The van der Waals surface area contributed by atoms with Gasteiger partial charge in [0.15, 0.2) is 23.3 Å². The van der Waals surface area contributed by atoms with Gasteiger partial charge in [-0.3, -0.25) is 0 Å². The van der Waals surface area contributed by atoms with Gasteiger partial charge in [0.25, 0.3) is 0 Å². The van der Waals surface area contributed by atoms with Crippen molar-refractivity contribution in [2.24, 2.45) is 0 Å². The first-order chi connectivity index (χ1) is 6.93. The number of rotatable bonds is 3. The van der Waals surface area contributed by atoms with E-state index in [9.17, 15) is 26.3 Å². The highest BCUT2D eigenvalue weighted by molar-refractivity contribution is 5.20. The molecule has 0 nitrogen and oxygen atoms in total. The van der Waals surface area contributed by atoms with Crippen molar-refractivity contribution in [1.82, 2.24) is 0 Å². The second-order valence-corrected chi connectivity index (χ2v) is 2.79. The maximum absolute atomic E-state index is 12.8. The van der Waals surface area contributed by atoms with Crippen molar-refractivity contribution in [3.8, 4) is 0 Å². The molecule has 0 unspecified atom stereocenters. The summed E-state index contributed by atoms with van der Waals surface area (Å²) in [6.45, 7) is 0. The van der Waals surface area contributed by atoms with Crippen molar-refractivity contribution in [1.29, 1.82) is 0 Å². The fourth-order valence-corrected chi connectivity index (χ4v) is 0.993. The average Bonchev–Trinajstić information content (AvgIpc) is 2.18. The number of aryl methyl sites for hydroxylation is 1. The molecule has 1 aromatic rings. The van der Waals surface area contributed by atoms with E-state index in [1.807, 2.05) is 0 Å². The molecule has 6 heteroatoms. The molecule has 0 spiro atoms. The van der Waals surface area contributed by atoms with Crippen LogP contribution >= 0.6 is 0 Å². The van der Waals surface area contributed by atoms with Crippen LogP contribution in [0.25, 0.3) is 0 Å². The minimum atomic E-state index is -2.73. The predicted octanol–water partition coefficient (Wildman–Crippen LogP) is 3.24. The Labute approximate surface area is 81.5 Å². The minimum absolute atomic E-state index is 0.600. The Balaban J connectivity index is 2.99. The Morgan fingerprint density at radius 3 is 2.07 bits per heavy atom. The highest BCUT2D eigenvalue weighted by atomic mass is 19.3. The molecule has 0 saturated carbocycles. The monoisotopic (exact) mass is 227 g/mol. The van der Waals surface area contributed by atoms with Crippen LogP contribution in [0.15, 0.2) is 0 Å². The van der Waals surface area contributed by atoms with Gasteiger partial charge in [0, 0.05) is 18.1 Å². The topological polar surface area (TPSA) is 0 Å². The van der Waals surface area contributed by atoms with Crippen LogP contribution in [0.5, 0.6) is 0 Å². The molecular weight excluding hydrogens is 222 g/mol. The van der Waals surface area contributed by atoms with E-state index in [4.69, 9.17) is 0 Å².